The van der Waals surface area contributed by atoms with E-state index in [1.165, 1.54) is 12.1 Å². The molecule has 2 heterocycles. The first-order valence-electron chi connectivity index (χ1n) is 7.65. The van der Waals surface area contributed by atoms with Crippen molar-refractivity contribution in [2.24, 2.45) is 0 Å². The Kier molecular flexibility index (Phi) is 4.35. The SMILES string of the molecule is O=S1(=O)CCN(c2ccc(N3CCCNCC3)cc2)CC1. The van der Waals surface area contributed by atoms with Crippen molar-refractivity contribution in [1.82, 2.24) is 5.32 Å². The summed E-state index contributed by atoms with van der Waals surface area (Å²) in [5.41, 5.74) is 2.38. The lowest BCUT2D eigenvalue weighted by molar-refractivity contribution is 0.587. The Morgan fingerprint density at radius 3 is 2.00 bits per heavy atom. The number of hydrogen-bond acceptors (Lipinski definition) is 5. The Balaban J connectivity index is 1.66. The summed E-state index contributed by atoms with van der Waals surface area (Å²) in [6.45, 7) is 5.48. The van der Waals surface area contributed by atoms with Gasteiger partial charge in [0.1, 0.15) is 0 Å². The fraction of sp³-hybridized carbons (Fsp3) is 0.600. The zero-order chi connectivity index (χ0) is 14.7. The summed E-state index contributed by atoms with van der Waals surface area (Å²) in [4.78, 5) is 4.57. The molecule has 2 aliphatic rings. The third-order valence-electron chi connectivity index (χ3n) is 4.26. The van der Waals surface area contributed by atoms with Gasteiger partial charge in [0.25, 0.3) is 0 Å². The maximum Gasteiger partial charge on any atom is 0.153 e. The lowest BCUT2D eigenvalue weighted by Gasteiger charge is -2.29. The van der Waals surface area contributed by atoms with E-state index in [2.05, 4.69) is 39.4 Å². The van der Waals surface area contributed by atoms with Crippen LogP contribution < -0.4 is 15.1 Å². The summed E-state index contributed by atoms with van der Waals surface area (Å²) >= 11 is 0. The number of hydrogen-bond donors (Lipinski definition) is 1. The molecular weight excluding hydrogens is 286 g/mol. The first-order chi connectivity index (χ1) is 10.1. The highest BCUT2D eigenvalue weighted by Gasteiger charge is 2.21. The van der Waals surface area contributed by atoms with E-state index in [-0.39, 0.29) is 11.5 Å². The normalized spacial score (nSPS) is 22.9. The van der Waals surface area contributed by atoms with Crippen LogP contribution >= 0.6 is 0 Å². The summed E-state index contributed by atoms with van der Waals surface area (Å²) in [5.74, 6) is 0.541. The van der Waals surface area contributed by atoms with Crippen molar-refractivity contribution >= 4 is 21.2 Å². The summed E-state index contributed by atoms with van der Waals surface area (Å²) in [5, 5.41) is 3.41. The second kappa shape index (κ2) is 6.23. The van der Waals surface area contributed by atoms with Crippen molar-refractivity contribution in [2.45, 2.75) is 6.42 Å². The highest BCUT2D eigenvalue weighted by atomic mass is 32.2. The average molecular weight is 309 g/mol. The van der Waals surface area contributed by atoms with E-state index in [0.29, 0.717) is 13.1 Å². The summed E-state index contributed by atoms with van der Waals surface area (Å²) < 4.78 is 23.0. The maximum absolute atomic E-state index is 11.5. The highest BCUT2D eigenvalue weighted by Crippen LogP contribution is 2.22. The van der Waals surface area contributed by atoms with Crippen LogP contribution in [0, 0.1) is 0 Å². The van der Waals surface area contributed by atoms with E-state index in [9.17, 15) is 8.42 Å². The van der Waals surface area contributed by atoms with Crippen LogP contribution in [0.25, 0.3) is 0 Å². The lowest BCUT2D eigenvalue weighted by atomic mass is 10.2. The standard InChI is InChI=1S/C15H23N3O2S/c19-21(20)12-10-18(11-13-21)15-4-2-14(3-5-15)17-8-1-6-16-7-9-17/h2-5,16H,1,6-13H2. The number of anilines is 2. The van der Waals surface area contributed by atoms with Crippen LogP contribution in [0.5, 0.6) is 0 Å². The molecular formula is C15H23N3O2S. The van der Waals surface area contributed by atoms with Gasteiger partial charge in [0.15, 0.2) is 9.84 Å². The van der Waals surface area contributed by atoms with Crippen LogP contribution in [-0.4, -0.2) is 59.2 Å². The van der Waals surface area contributed by atoms with Gasteiger partial charge in [-0.25, -0.2) is 8.42 Å². The Morgan fingerprint density at radius 2 is 1.38 bits per heavy atom. The average Bonchev–Trinajstić information content (AvgIpc) is 2.77. The molecule has 1 N–H and O–H groups in total. The van der Waals surface area contributed by atoms with Crippen LogP contribution in [0.2, 0.25) is 0 Å². The van der Waals surface area contributed by atoms with E-state index < -0.39 is 9.84 Å². The van der Waals surface area contributed by atoms with Gasteiger partial charge >= 0.3 is 0 Å². The van der Waals surface area contributed by atoms with Gasteiger partial charge in [0, 0.05) is 44.1 Å². The zero-order valence-corrected chi connectivity index (χ0v) is 13.1. The predicted molar refractivity (Wildman–Crippen MR) is 87.0 cm³/mol. The van der Waals surface area contributed by atoms with E-state index in [0.717, 1.165) is 31.9 Å². The fourth-order valence-corrected chi connectivity index (χ4v) is 4.15. The summed E-state index contributed by atoms with van der Waals surface area (Å²) in [6, 6.07) is 8.55. The molecule has 0 radical (unpaired) electrons. The van der Waals surface area contributed by atoms with Gasteiger partial charge in [-0.05, 0) is 37.2 Å². The van der Waals surface area contributed by atoms with E-state index in [1.54, 1.807) is 0 Å². The smallest absolute Gasteiger partial charge is 0.153 e. The van der Waals surface area contributed by atoms with E-state index >= 15 is 0 Å². The van der Waals surface area contributed by atoms with Crippen LogP contribution in [0.1, 0.15) is 6.42 Å². The minimum Gasteiger partial charge on any atom is -0.370 e. The van der Waals surface area contributed by atoms with Crippen LogP contribution in [0.15, 0.2) is 24.3 Å². The van der Waals surface area contributed by atoms with Gasteiger partial charge in [0.2, 0.25) is 0 Å². The van der Waals surface area contributed by atoms with Gasteiger partial charge in [-0.15, -0.1) is 0 Å². The van der Waals surface area contributed by atoms with Crippen LogP contribution in [-0.2, 0) is 9.84 Å². The molecule has 0 spiro atoms. The molecule has 3 rings (SSSR count). The molecule has 5 nitrogen and oxygen atoms in total. The Hall–Kier alpha value is -1.27. The fourth-order valence-electron chi connectivity index (χ4n) is 2.95. The predicted octanol–water partition coefficient (Wildman–Crippen LogP) is 0.721. The van der Waals surface area contributed by atoms with Crippen molar-refractivity contribution in [3.63, 3.8) is 0 Å². The molecule has 2 saturated heterocycles. The second-order valence-electron chi connectivity index (χ2n) is 5.75. The quantitative estimate of drug-likeness (QED) is 0.872. The number of rotatable bonds is 2. The van der Waals surface area contributed by atoms with Gasteiger partial charge in [0.05, 0.1) is 11.5 Å². The van der Waals surface area contributed by atoms with Crippen molar-refractivity contribution in [2.75, 3.05) is 60.6 Å². The van der Waals surface area contributed by atoms with E-state index in [1.807, 2.05) is 0 Å². The Labute approximate surface area is 126 Å². The molecule has 0 atom stereocenters. The molecule has 0 unspecified atom stereocenters. The Morgan fingerprint density at radius 1 is 0.810 bits per heavy atom. The molecule has 1 aromatic carbocycles. The topological polar surface area (TPSA) is 52.7 Å². The molecule has 116 valence electrons. The molecule has 0 saturated carbocycles. The highest BCUT2D eigenvalue weighted by molar-refractivity contribution is 7.91. The first kappa shape index (κ1) is 14.7. The Bertz CT molecular complexity index is 549. The molecule has 0 amide bonds. The van der Waals surface area contributed by atoms with E-state index in [4.69, 9.17) is 0 Å². The van der Waals surface area contributed by atoms with Gasteiger partial charge < -0.3 is 15.1 Å². The van der Waals surface area contributed by atoms with Gasteiger partial charge in [-0.3, -0.25) is 0 Å². The van der Waals surface area contributed by atoms with Crippen molar-refractivity contribution in [3.05, 3.63) is 24.3 Å². The van der Waals surface area contributed by atoms with Crippen LogP contribution in [0.4, 0.5) is 11.4 Å². The van der Waals surface area contributed by atoms with Crippen molar-refractivity contribution in [3.8, 4) is 0 Å². The minimum atomic E-state index is -2.81. The third-order valence-corrected chi connectivity index (χ3v) is 5.87. The summed E-state index contributed by atoms with van der Waals surface area (Å²) in [6.07, 6.45) is 1.17. The number of nitrogens with one attached hydrogen (secondary N) is 1. The monoisotopic (exact) mass is 309 g/mol. The maximum atomic E-state index is 11.5. The molecule has 2 fully saturated rings. The molecule has 0 bridgehead atoms. The molecule has 21 heavy (non-hydrogen) atoms. The van der Waals surface area contributed by atoms with Gasteiger partial charge in [-0.2, -0.15) is 0 Å². The number of sulfone groups is 1. The lowest BCUT2D eigenvalue weighted by Crippen LogP contribution is -2.40. The first-order valence-corrected chi connectivity index (χ1v) is 9.47. The van der Waals surface area contributed by atoms with Crippen LogP contribution in [0.3, 0.4) is 0 Å². The number of benzene rings is 1. The molecule has 6 heteroatoms. The number of nitrogens with zero attached hydrogens (tertiary/aromatic N) is 2. The van der Waals surface area contributed by atoms with Crippen molar-refractivity contribution < 1.29 is 8.42 Å². The molecule has 1 aromatic rings. The largest absolute Gasteiger partial charge is 0.370 e. The second-order valence-corrected chi connectivity index (χ2v) is 8.05. The summed E-state index contributed by atoms with van der Waals surface area (Å²) in [7, 11) is -2.81. The minimum absolute atomic E-state index is 0.270. The molecule has 2 aliphatic heterocycles. The van der Waals surface area contributed by atoms with Crippen molar-refractivity contribution in [1.29, 1.82) is 0 Å². The third kappa shape index (κ3) is 3.68. The molecule has 0 aliphatic carbocycles. The van der Waals surface area contributed by atoms with Gasteiger partial charge in [-0.1, -0.05) is 0 Å². The molecule has 0 aromatic heterocycles. The zero-order valence-electron chi connectivity index (χ0n) is 12.3.